The number of aryl methyl sites for hydroxylation is 2. The number of rotatable bonds is 5. The average Bonchev–Trinajstić information content (AvgIpc) is 3.13. The first-order valence-electron chi connectivity index (χ1n) is 9.78. The summed E-state index contributed by atoms with van der Waals surface area (Å²) < 4.78 is 2.08. The molecular formula is C21H24N8. The van der Waals surface area contributed by atoms with Crippen molar-refractivity contribution < 1.29 is 0 Å². The molecule has 0 aliphatic carbocycles. The number of hydrogen-bond donors (Lipinski definition) is 1. The molecule has 3 aromatic rings. The van der Waals surface area contributed by atoms with Crippen LogP contribution in [-0.4, -0.2) is 42.5 Å². The third kappa shape index (κ3) is 4.58. The van der Waals surface area contributed by atoms with Crippen molar-refractivity contribution in [3.8, 4) is 6.07 Å². The molecule has 8 nitrogen and oxygen atoms in total. The van der Waals surface area contributed by atoms with Crippen LogP contribution in [0.2, 0.25) is 0 Å². The van der Waals surface area contributed by atoms with Gasteiger partial charge in [0.1, 0.15) is 29.2 Å². The Morgan fingerprint density at radius 1 is 1.21 bits per heavy atom. The first-order valence-corrected chi connectivity index (χ1v) is 9.78. The van der Waals surface area contributed by atoms with Gasteiger partial charge in [-0.1, -0.05) is 0 Å². The fourth-order valence-corrected chi connectivity index (χ4v) is 3.68. The van der Waals surface area contributed by atoms with Crippen LogP contribution >= 0.6 is 0 Å². The third-order valence-electron chi connectivity index (χ3n) is 5.30. The Balaban J connectivity index is 1.41. The van der Waals surface area contributed by atoms with E-state index in [1.807, 2.05) is 44.6 Å². The molecule has 0 amide bonds. The molecule has 148 valence electrons. The molecule has 29 heavy (non-hydrogen) atoms. The van der Waals surface area contributed by atoms with Crippen LogP contribution in [0, 0.1) is 18.3 Å². The number of anilines is 2. The number of nitriles is 1. The van der Waals surface area contributed by atoms with Crippen molar-refractivity contribution in [2.45, 2.75) is 32.2 Å². The quantitative estimate of drug-likeness (QED) is 0.718. The molecule has 0 spiro atoms. The SMILES string of the molecule is Cc1nc(Nc2ccc(C#N)nc2)cc(C2CCN(Cc3nccn3C)CC2)n1. The summed E-state index contributed by atoms with van der Waals surface area (Å²) in [5.41, 5.74) is 2.28. The number of pyridine rings is 1. The Hall–Kier alpha value is -3.31. The molecule has 0 radical (unpaired) electrons. The fraction of sp³-hybridized carbons (Fsp3) is 0.381. The van der Waals surface area contributed by atoms with E-state index in [0.29, 0.717) is 11.6 Å². The summed E-state index contributed by atoms with van der Waals surface area (Å²) in [5, 5.41) is 12.2. The number of nitrogens with one attached hydrogen (secondary N) is 1. The molecule has 1 aliphatic heterocycles. The van der Waals surface area contributed by atoms with Gasteiger partial charge in [-0.3, -0.25) is 4.90 Å². The van der Waals surface area contributed by atoms with Crippen LogP contribution in [-0.2, 0) is 13.6 Å². The monoisotopic (exact) mass is 388 g/mol. The van der Waals surface area contributed by atoms with Gasteiger partial charge in [-0.15, -0.1) is 0 Å². The molecule has 0 bridgehead atoms. The van der Waals surface area contributed by atoms with Crippen molar-refractivity contribution in [2.75, 3.05) is 18.4 Å². The summed E-state index contributed by atoms with van der Waals surface area (Å²) in [4.78, 5) is 20.2. The van der Waals surface area contributed by atoms with Gasteiger partial charge in [-0.25, -0.2) is 19.9 Å². The number of nitrogens with zero attached hydrogens (tertiary/aromatic N) is 7. The summed E-state index contributed by atoms with van der Waals surface area (Å²) in [6.45, 7) is 4.87. The van der Waals surface area contributed by atoms with Crippen molar-refractivity contribution in [3.05, 3.63) is 59.8 Å². The zero-order valence-corrected chi connectivity index (χ0v) is 16.7. The summed E-state index contributed by atoms with van der Waals surface area (Å²) in [5.74, 6) is 3.04. The molecule has 8 heteroatoms. The molecular weight excluding hydrogens is 364 g/mol. The van der Waals surface area contributed by atoms with Gasteiger partial charge in [-0.2, -0.15) is 5.26 Å². The third-order valence-corrected chi connectivity index (χ3v) is 5.30. The summed E-state index contributed by atoms with van der Waals surface area (Å²) in [7, 11) is 2.04. The zero-order chi connectivity index (χ0) is 20.2. The van der Waals surface area contributed by atoms with E-state index < -0.39 is 0 Å². The normalized spacial score (nSPS) is 15.2. The van der Waals surface area contributed by atoms with E-state index in [2.05, 4.69) is 29.7 Å². The lowest BCUT2D eigenvalue weighted by Crippen LogP contribution is -2.33. The second-order valence-corrected chi connectivity index (χ2v) is 7.40. The highest BCUT2D eigenvalue weighted by Crippen LogP contribution is 2.29. The Morgan fingerprint density at radius 3 is 2.69 bits per heavy atom. The highest BCUT2D eigenvalue weighted by atomic mass is 15.2. The minimum Gasteiger partial charge on any atom is -0.339 e. The molecule has 3 aromatic heterocycles. The maximum atomic E-state index is 8.88. The fourth-order valence-electron chi connectivity index (χ4n) is 3.68. The smallest absolute Gasteiger partial charge is 0.140 e. The van der Waals surface area contributed by atoms with Crippen LogP contribution in [0.15, 0.2) is 36.8 Å². The summed E-state index contributed by atoms with van der Waals surface area (Å²) in [6.07, 6.45) is 7.62. The Bertz CT molecular complexity index is 1010. The molecule has 0 saturated carbocycles. The van der Waals surface area contributed by atoms with Crippen LogP contribution in [0.3, 0.4) is 0 Å². The average molecular weight is 388 g/mol. The maximum Gasteiger partial charge on any atom is 0.140 e. The molecule has 0 atom stereocenters. The summed E-state index contributed by atoms with van der Waals surface area (Å²) >= 11 is 0. The topological polar surface area (TPSA) is 95.5 Å². The van der Waals surface area contributed by atoms with E-state index in [9.17, 15) is 0 Å². The van der Waals surface area contributed by atoms with Crippen LogP contribution in [0.5, 0.6) is 0 Å². The highest BCUT2D eigenvalue weighted by Gasteiger charge is 2.23. The van der Waals surface area contributed by atoms with E-state index in [0.717, 1.165) is 61.3 Å². The van der Waals surface area contributed by atoms with Gasteiger partial charge in [0.05, 0.1) is 18.4 Å². The molecule has 1 N–H and O–H groups in total. The van der Waals surface area contributed by atoms with Gasteiger partial charge in [0.25, 0.3) is 0 Å². The minimum absolute atomic E-state index is 0.396. The van der Waals surface area contributed by atoms with Crippen molar-refractivity contribution in [1.82, 2.24) is 29.4 Å². The van der Waals surface area contributed by atoms with Gasteiger partial charge in [-0.05, 0) is 45.0 Å². The van der Waals surface area contributed by atoms with Gasteiger partial charge >= 0.3 is 0 Å². The van der Waals surface area contributed by atoms with Gasteiger partial charge < -0.3 is 9.88 Å². The van der Waals surface area contributed by atoms with E-state index in [1.54, 1.807) is 12.3 Å². The van der Waals surface area contributed by atoms with E-state index in [1.165, 1.54) is 0 Å². The molecule has 1 aliphatic rings. The Kier molecular flexibility index (Phi) is 5.49. The standard InChI is InChI=1S/C21H24N8/c1-15-25-19(11-20(26-15)27-18-4-3-17(12-22)24-13-18)16-5-8-29(9-6-16)14-21-23-7-10-28(21)2/h3-4,7,10-11,13,16H,5-6,8-9,14H2,1-2H3,(H,25,26,27). The highest BCUT2D eigenvalue weighted by molar-refractivity contribution is 5.55. The van der Waals surface area contributed by atoms with Crippen LogP contribution in [0.4, 0.5) is 11.5 Å². The molecule has 1 saturated heterocycles. The van der Waals surface area contributed by atoms with Crippen LogP contribution in [0.1, 0.15) is 41.8 Å². The second kappa shape index (κ2) is 8.37. The van der Waals surface area contributed by atoms with Crippen molar-refractivity contribution in [3.63, 3.8) is 0 Å². The second-order valence-electron chi connectivity index (χ2n) is 7.40. The van der Waals surface area contributed by atoms with E-state index in [4.69, 9.17) is 10.2 Å². The first-order chi connectivity index (χ1) is 14.1. The maximum absolute atomic E-state index is 8.88. The van der Waals surface area contributed by atoms with Crippen molar-refractivity contribution in [1.29, 1.82) is 5.26 Å². The predicted octanol–water partition coefficient (Wildman–Crippen LogP) is 2.91. The predicted molar refractivity (Wildman–Crippen MR) is 109 cm³/mol. The van der Waals surface area contributed by atoms with Crippen LogP contribution < -0.4 is 5.32 Å². The van der Waals surface area contributed by atoms with Crippen molar-refractivity contribution >= 4 is 11.5 Å². The number of likely N-dealkylation sites (tertiary alicyclic amines) is 1. The van der Waals surface area contributed by atoms with Gasteiger partial charge in [0, 0.05) is 37.1 Å². The lowest BCUT2D eigenvalue weighted by atomic mass is 9.93. The van der Waals surface area contributed by atoms with Gasteiger partial charge in [0.15, 0.2) is 0 Å². The Morgan fingerprint density at radius 2 is 2.03 bits per heavy atom. The number of piperidine rings is 1. The van der Waals surface area contributed by atoms with E-state index >= 15 is 0 Å². The molecule has 1 fully saturated rings. The van der Waals surface area contributed by atoms with Crippen molar-refractivity contribution in [2.24, 2.45) is 7.05 Å². The lowest BCUT2D eigenvalue weighted by Gasteiger charge is -2.31. The lowest BCUT2D eigenvalue weighted by molar-refractivity contribution is 0.197. The number of hydrogen-bond acceptors (Lipinski definition) is 7. The molecule has 4 heterocycles. The van der Waals surface area contributed by atoms with Crippen LogP contribution in [0.25, 0.3) is 0 Å². The molecule has 4 rings (SSSR count). The molecule has 0 aromatic carbocycles. The number of imidazole rings is 1. The minimum atomic E-state index is 0.396. The summed E-state index contributed by atoms with van der Waals surface area (Å²) in [6, 6.07) is 7.58. The zero-order valence-electron chi connectivity index (χ0n) is 16.7. The van der Waals surface area contributed by atoms with E-state index in [-0.39, 0.29) is 0 Å². The van der Waals surface area contributed by atoms with Gasteiger partial charge in [0.2, 0.25) is 0 Å². The Labute approximate surface area is 170 Å². The molecule has 0 unspecified atom stereocenters. The first kappa shape index (κ1) is 19.0. The largest absolute Gasteiger partial charge is 0.339 e. The number of aromatic nitrogens is 5.